The number of amides is 1. The molecule has 1 saturated heterocycles. The summed E-state index contributed by atoms with van der Waals surface area (Å²) in [6.45, 7) is 1.08. The summed E-state index contributed by atoms with van der Waals surface area (Å²) in [6.07, 6.45) is 2.59. The first-order valence-corrected chi connectivity index (χ1v) is 10.0. The zero-order chi connectivity index (χ0) is 19.9. The number of carbonyl (C=O) groups excluding carboxylic acids is 1. The lowest BCUT2D eigenvalue weighted by molar-refractivity contribution is -0.121. The quantitative estimate of drug-likeness (QED) is 0.362. The topological polar surface area (TPSA) is 48.0 Å². The number of rotatable bonds is 8. The van der Waals surface area contributed by atoms with Gasteiger partial charge in [0, 0.05) is 13.5 Å². The van der Waals surface area contributed by atoms with Gasteiger partial charge in [-0.2, -0.15) is 0 Å². The van der Waals surface area contributed by atoms with Gasteiger partial charge in [-0.05, 0) is 35.9 Å². The molecule has 0 radical (unpaired) electrons. The van der Waals surface area contributed by atoms with Crippen molar-refractivity contribution in [3.8, 4) is 17.2 Å². The first-order valence-electron chi connectivity index (χ1n) is 8.78. The molecule has 3 rings (SSSR count). The molecule has 1 amide bonds. The Kier molecular flexibility index (Phi) is 6.95. The van der Waals surface area contributed by atoms with E-state index < -0.39 is 0 Å². The van der Waals surface area contributed by atoms with Crippen molar-refractivity contribution in [2.75, 3.05) is 27.4 Å². The number of ether oxygens (including phenoxy) is 3. The number of carbonyl (C=O) groups is 1. The highest BCUT2D eigenvalue weighted by Gasteiger charge is 2.28. The van der Waals surface area contributed by atoms with Crippen LogP contribution < -0.4 is 14.2 Å². The fourth-order valence-electron chi connectivity index (χ4n) is 2.53. The SMILES string of the molecule is COc1ccccc1OCCCOc1ccc(/C=C2/SC(=S)N(C)C2=O)cc1. The molecule has 1 heterocycles. The van der Waals surface area contributed by atoms with E-state index in [9.17, 15) is 4.79 Å². The minimum absolute atomic E-state index is 0.0645. The summed E-state index contributed by atoms with van der Waals surface area (Å²) < 4.78 is 17.3. The van der Waals surface area contributed by atoms with Crippen molar-refractivity contribution < 1.29 is 19.0 Å². The van der Waals surface area contributed by atoms with Gasteiger partial charge in [-0.25, -0.2) is 0 Å². The Morgan fingerprint density at radius 1 is 1.04 bits per heavy atom. The Balaban J connectivity index is 1.45. The molecule has 0 spiro atoms. The molecule has 0 unspecified atom stereocenters. The van der Waals surface area contributed by atoms with Gasteiger partial charge in [-0.1, -0.05) is 48.2 Å². The molecule has 0 N–H and O–H groups in total. The number of hydrogen-bond acceptors (Lipinski definition) is 6. The van der Waals surface area contributed by atoms with E-state index in [1.54, 1.807) is 14.2 Å². The summed E-state index contributed by atoms with van der Waals surface area (Å²) in [5.41, 5.74) is 0.931. The Bertz CT molecular complexity index is 880. The highest BCUT2D eigenvalue weighted by Crippen LogP contribution is 2.31. The van der Waals surface area contributed by atoms with Gasteiger partial charge in [-0.15, -0.1) is 0 Å². The average Bonchev–Trinajstić information content (AvgIpc) is 2.96. The molecular formula is C21H21NO4S2. The van der Waals surface area contributed by atoms with Crippen molar-refractivity contribution in [1.29, 1.82) is 0 Å². The van der Waals surface area contributed by atoms with Crippen LogP contribution in [0.4, 0.5) is 0 Å². The molecule has 5 nitrogen and oxygen atoms in total. The molecule has 0 bridgehead atoms. The molecule has 0 aliphatic carbocycles. The second kappa shape index (κ2) is 9.61. The lowest BCUT2D eigenvalue weighted by Gasteiger charge is -2.11. The van der Waals surface area contributed by atoms with Crippen molar-refractivity contribution in [2.45, 2.75) is 6.42 Å². The minimum Gasteiger partial charge on any atom is -0.493 e. The smallest absolute Gasteiger partial charge is 0.265 e. The lowest BCUT2D eigenvalue weighted by atomic mass is 10.2. The van der Waals surface area contributed by atoms with Crippen LogP contribution in [0.3, 0.4) is 0 Å². The first kappa shape index (κ1) is 20.2. The molecule has 1 aliphatic rings. The summed E-state index contributed by atoms with van der Waals surface area (Å²) in [5, 5.41) is 0. The molecule has 1 aliphatic heterocycles. The maximum Gasteiger partial charge on any atom is 0.265 e. The van der Waals surface area contributed by atoms with Crippen molar-refractivity contribution in [3.63, 3.8) is 0 Å². The molecular weight excluding hydrogens is 394 g/mol. The zero-order valence-corrected chi connectivity index (χ0v) is 17.3. The lowest BCUT2D eigenvalue weighted by Crippen LogP contribution is -2.22. The predicted octanol–water partition coefficient (Wildman–Crippen LogP) is 4.37. The summed E-state index contributed by atoms with van der Waals surface area (Å²) >= 11 is 6.45. The van der Waals surface area contributed by atoms with Gasteiger partial charge in [0.25, 0.3) is 5.91 Å². The van der Waals surface area contributed by atoms with Crippen molar-refractivity contribution in [1.82, 2.24) is 4.90 Å². The Morgan fingerprint density at radius 2 is 1.71 bits per heavy atom. The third-order valence-corrected chi connectivity index (χ3v) is 5.53. The van der Waals surface area contributed by atoms with Gasteiger partial charge in [-0.3, -0.25) is 9.69 Å². The molecule has 2 aromatic carbocycles. The number of nitrogens with zero attached hydrogens (tertiary/aromatic N) is 1. The number of benzene rings is 2. The van der Waals surface area contributed by atoms with Gasteiger partial charge in [0.1, 0.15) is 10.1 Å². The van der Waals surface area contributed by atoms with Gasteiger partial charge in [0.15, 0.2) is 11.5 Å². The van der Waals surface area contributed by atoms with Crippen LogP contribution in [0.25, 0.3) is 6.08 Å². The number of thiocarbonyl (C=S) groups is 1. The fourth-order valence-corrected chi connectivity index (χ4v) is 3.71. The van der Waals surface area contributed by atoms with Gasteiger partial charge in [0.2, 0.25) is 0 Å². The molecule has 2 aromatic rings. The van der Waals surface area contributed by atoms with E-state index in [0.29, 0.717) is 22.4 Å². The Hall–Kier alpha value is -2.51. The van der Waals surface area contributed by atoms with Crippen LogP contribution in [0.2, 0.25) is 0 Å². The molecule has 1 fully saturated rings. The zero-order valence-electron chi connectivity index (χ0n) is 15.7. The molecule has 0 atom stereocenters. The number of methoxy groups -OCH3 is 1. The van der Waals surface area contributed by atoms with E-state index in [2.05, 4.69) is 0 Å². The van der Waals surface area contributed by atoms with Gasteiger partial charge < -0.3 is 14.2 Å². The van der Waals surface area contributed by atoms with E-state index >= 15 is 0 Å². The van der Waals surface area contributed by atoms with Crippen LogP contribution in [0.1, 0.15) is 12.0 Å². The summed E-state index contributed by atoms with van der Waals surface area (Å²) in [6, 6.07) is 15.2. The van der Waals surface area contributed by atoms with E-state index in [1.165, 1.54) is 16.7 Å². The standard InChI is InChI=1S/C21H21NO4S2/c1-22-20(23)19(28-21(22)27)14-15-8-10-16(11-9-15)25-12-5-13-26-18-7-4-3-6-17(18)24-2/h3-4,6-11,14H,5,12-13H2,1-2H3/b19-14+. The summed E-state index contributed by atoms with van der Waals surface area (Å²) in [7, 11) is 3.31. The van der Waals surface area contributed by atoms with E-state index in [0.717, 1.165) is 29.2 Å². The molecule has 146 valence electrons. The van der Waals surface area contributed by atoms with E-state index in [1.807, 2.05) is 54.6 Å². The molecule has 7 heteroatoms. The highest BCUT2D eigenvalue weighted by atomic mass is 32.2. The van der Waals surface area contributed by atoms with Crippen LogP contribution in [-0.2, 0) is 4.79 Å². The van der Waals surface area contributed by atoms with Gasteiger partial charge in [0.05, 0.1) is 25.2 Å². The van der Waals surface area contributed by atoms with Crippen LogP contribution in [0.5, 0.6) is 17.2 Å². The largest absolute Gasteiger partial charge is 0.493 e. The van der Waals surface area contributed by atoms with Crippen molar-refractivity contribution >= 4 is 40.3 Å². The van der Waals surface area contributed by atoms with Crippen LogP contribution in [-0.4, -0.2) is 42.5 Å². The molecule has 0 aromatic heterocycles. The van der Waals surface area contributed by atoms with E-state index in [-0.39, 0.29) is 5.91 Å². The monoisotopic (exact) mass is 415 g/mol. The normalized spacial score (nSPS) is 15.2. The number of thioether (sulfide) groups is 1. The van der Waals surface area contributed by atoms with Crippen LogP contribution >= 0.6 is 24.0 Å². The summed E-state index contributed by atoms with van der Waals surface area (Å²) in [5.74, 6) is 2.16. The second-order valence-electron chi connectivity index (χ2n) is 6.01. The number of hydrogen-bond donors (Lipinski definition) is 0. The number of likely N-dealkylation sites (N-methyl/N-ethyl adjacent to an activating group) is 1. The van der Waals surface area contributed by atoms with Gasteiger partial charge >= 0.3 is 0 Å². The highest BCUT2D eigenvalue weighted by molar-refractivity contribution is 8.26. The number of para-hydroxylation sites is 2. The first-order chi connectivity index (χ1) is 13.6. The third kappa shape index (κ3) is 5.05. The average molecular weight is 416 g/mol. The minimum atomic E-state index is -0.0645. The maximum absolute atomic E-state index is 12.0. The molecule has 28 heavy (non-hydrogen) atoms. The van der Waals surface area contributed by atoms with E-state index in [4.69, 9.17) is 26.4 Å². The van der Waals surface area contributed by atoms with Crippen LogP contribution in [0, 0.1) is 0 Å². The molecule has 0 saturated carbocycles. The second-order valence-corrected chi connectivity index (χ2v) is 7.69. The van der Waals surface area contributed by atoms with Crippen molar-refractivity contribution in [3.05, 3.63) is 59.0 Å². The predicted molar refractivity (Wildman–Crippen MR) is 116 cm³/mol. The third-order valence-electron chi connectivity index (χ3n) is 4.05. The summed E-state index contributed by atoms with van der Waals surface area (Å²) in [4.78, 5) is 14.2. The maximum atomic E-state index is 12.0. The van der Waals surface area contributed by atoms with Crippen molar-refractivity contribution in [2.24, 2.45) is 0 Å². The Labute approximate surface area is 174 Å². The fraction of sp³-hybridized carbons (Fsp3) is 0.238. The van der Waals surface area contributed by atoms with Crippen LogP contribution in [0.15, 0.2) is 53.4 Å². The Morgan fingerprint density at radius 3 is 2.36 bits per heavy atom.